The number of alkyl halides is 3. The fourth-order valence-electron chi connectivity index (χ4n) is 3.38. The molecule has 0 aliphatic carbocycles. The maximum Gasteiger partial charge on any atom is 0.434 e. The zero-order valence-corrected chi connectivity index (χ0v) is 15.8. The van der Waals surface area contributed by atoms with Crippen LogP contribution in [0.4, 0.5) is 19.0 Å². The third-order valence-electron chi connectivity index (χ3n) is 4.77. The monoisotopic (exact) mass is 417 g/mol. The molecule has 3 heterocycles. The fraction of sp³-hybridized carbons (Fsp3) is 0.316. The Balaban J connectivity index is 1.46. The van der Waals surface area contributed by atoms with E-state index in [0.29, 0.717) is 30.5 Å². The van der Waals surface area contributed by atoms with Crippen molar-refractivity contribution >= 4 is 11.7 Å². The van der Waals surface area contributed by atoms with Gasteiger partial charge in [-0.05, 0) is 25.0 Å². The highest BCUT2D eigenvalue weighted by Crippen LogP contribution is 2.27. The summed E-state index contributed by atoms with van der Waals surface area (Å²) in [5, 5.41) is 11.3. The molecule has 0 bridgehead atoms. The Bertz CT molecular complexity index is 1010. The van der Waals surface area contributed by atoms with Gasteiger partial charge in [0.15, 0.2) is 5.69 Å². The lowest BCUT2D eigenvalue weighted by molar-refractivity contribution is -0.141. The van der Waals surface area contributed by atoms with Crippen molar-refractivity contribution < 1.29 is 18.0 Å². The van der Waals surface area contributed by atoms with Gasteiger partial charge in [0.1, 0.15) is 5.82 Å². The minimum absolute atomic E-state index is 0.149. The summed E-state index contributed by atoms with van der Waals surface area (Å²) in [6.07, 6.45) is 1.80. The number of rotatable bonds is 4. The molecule has 1 aliphatic heterocycles. The summed E-state index contributed by atoms with van der Waals surface area (Å²) in [6.45, 7) is 0.971. The van der Waals surface area contributed by atoms with Crippen LogP contribution in [0, 0.1) is 0 Å². The first-order valence-corrected chi connectivity index (χ1v) is 9.32. The summed E-state index contributed by atoms with van der Waals surface area (Å²) in [7, 11) is 0. The van der Waals surface area contributed by atoms with Crippen molar-refractivity contribution in [3.05, 3.63) is 60.3 Å². The number of likely N-dealkylation sites (tertiary alicyclic amines) is 1. The number of nitrogens with one attached hydrogen (secondary N) is 1. The molecule has 4 rings (SSSR count). The summed E-state index contributed by atoms with van der Waals surface area (Å²) >= 11 is 0. The van der Waals surface area contributed by atoms with Gasteiger partial charge in [-0.15, -0.1) is 0 Å². The third kappa shape index (κ3) is 4.24. The van der Waals surface area contributed by atoms with E-state index in [1.165, 1.54) is 17.2 Å². The van der Waals surface area contributed by atoms with Crippen LogP contribution in [0.5, 0.6) is 0 Å². The highest BCUT2D eigenvalue weighted by Gasteiger charge is 2.33. The summed E-state index contributed by atoms with van der Waals surface area (Å²) in [6, 6.07) is 6.92. The average Bonchev–Trinajstić information content (AvgIpc) is 3.28. The molecule has 1 N–H and O–H groups in total. The minimum atomic E-state index is -4.53. The van der Waals surface area contributed by atoms with E-state index in [2.05, 4.69) is 25.5 Å². The predicted molar refractivity (Wildman–Crippen MR) is 101 cm³/mol. The summed E-state index contributed by atoms with van der Waals surface area (Å²) < 4.78 is 37.9. The molecule has 1 saturated heterocycles. The molecule has 2 aromatic heterocycles. The Hall–Kier alpha value is -3.50. The number of para-hydroxylation sites is 1. The normalized spacial score (nSPS) is 17.0. The highest BCUT2D eigenvalue weighted by molar-refractivity contribution is 5.97. The summed E-state index contributed by atoms with van der Waals surface area (Å²) in [4.78, 5) is 23.5. The van der Waals surface area contributed by atoms with E-state index in [1.54, 1.807) is 29.2 Å². The SMILES string of the molecule is O=C(c1ccccc1-n1nccn1)N1CCCC(Nc2cnc(C(F)(F)F)cn2)C1. The largest absolute Gasteiger partial charge is 0.434 e. The van der Waals surface area contributed by atoms with Gasteiger partial charge in [0.2, 0.25) is 0 Å². The van der Waals surface area contributed by atoms with Crippen LogP contribution in [0.25, 0.3) is 5.69 Å². The van der Waals surface area contributed by atoms with Crippen LogP contribution in [0.1, 0.15) is 28.9 Å². The molecular formula is C19H18F3N7O. The van der Waals surface area contributed by atoms with Crippen LogP contribution < -0.4 is 5.32 Å². The Kier molecular flexibility index (Phi) is 5.34. The number of aromatic nitrogens is 5. The van der Waals surface area contributed by atoms with E-state index in [0.717, 1.165) is 19.0 Å². The molecule has 0 saturated carbocycles. The van der Waals surface area contributed by atoms with Crippen molar-refractivity contribution in [3.63, 3.8) is 0 Å². The van der Waals surface area contributed by atoms with Crippen molar-refractivity contribution in [1.82, 2.24) is 29.9 Å². The maximum atomic E-state index is 13.1. The number of anilines is 1. The molecule has 156 valence electrons. The van der Waals surface area contributed by atoms with Crippen LogP contribution >= 0.6 is 0 Å². The first kappa shape index (κ1) is 19.8. The van der Waals surface area contributed by atoms with Crippen molar-refractivity contribution in [1.29, 1.82) is 0 Å². The van der Waals surface area contributed by atoms with Crippen molar-refractivity contribution in [2.45, 2.75) is 25.1 Å². The van der Waals surface area contributed by atoms with Crippen molar-refractivity contribution in [2.75, 3.05) is 18.4 Å². The molecule has 1 unspecified atom stereocenters. The van der Waals surface area contributed by atoms with Crippen molar-refractivity contribution in [3.8, 4) is 5.69 Å². The molecule has 1 aromatic carbocycles. The molecule has 8 nitrogen and oxygen atoms in total. The van der Waals surface area contributed by atoms with Gasteiger partial charge in [-0.25, -0.2) is 9.97 Å². The average molecular weight is 417 g/mol. The number of benzene rings is 1. The quantitative estimate of drug-likeness (QED) is 0.702. The molecule has 0 spiro atoms. The van der Waals surface area contributed by atoms with Crippen LogP contribution in [0.2, 0.25) is 0 Å². The molecule has 3 aromatic rings. The van der Waals surface area contributed by atoms with Gasteiger partial charge in [-0.3, -0.25) is 4.79 Å². The predicted octanol–water partition coefficient (Wildman–Crippen LogP) is 2.79. The maximum absolute atomic E-state index is 13.1. The lowest BCUT2D eigenvalue weighted by atomic mass is 10.0. The number of amides is 1. The van der Waals surface area contributed by atoms with Gasteiger partial charge < -0.3 is 10.2 Å². The topological polar surface area (TPSA) is 88.8 Å². The molecule has 0 radical (unpaired) electrons. The second-order valence-corrected chi connectivity index (χ2v) is 6.85. The van der Waals surface area contributed by atoms with E-state index in [9.17, 15) is 18.0 Å². The smallest absolute Gasteiger partial charge is 0.364 e. The number of nitrogens with zero attached hydrogens (tertiary/aromatic N) is 6. The number of piperidine rings is 1. The van der Waals surface area contributed by atoms with E-state index < -0.39 is 11.9 Å². The molecule has 1 atom stereocenters. The van der Waals surface area contributed by atoms with Gasteiger partial charge in [0.25, 0.3) is 5.91 Å². The van der Waals surface area contributed by atoms with Crippen LogP contribution in [-0.2, 0) is 6.18 Å². The Morgan fingerprint density at radius 3 is 2.57 bits per heavy atom. The first-order valence-electron chi connectivity index (χ1n) is 9.32. The zero-order chi connectivity index (χ0) is 21.1. The lowest BCUT2D eigenvalue weighted by Gasteiger charge is -2.33. The molecule has 1 aliphatic rings. The van der Waals surface area contributed by atoms with E-state index in [1.807, 2.05) is 0 Å². The Labute approximate surface area is 169 Å². The molecule has 30 heavy (non-hydrogen) atoms. The lowest BCUT2D eigenvalue weighted by Crippen LogP contribution is -2.45. The molecule has 11 heteroatoms. The van der Waals surface area contributed by atoms with Gasteiger partial charge in [-0.1, -0.05) is 12.1 Å². The zero-order valence-electron chi connectivity index (χ0n) is 15.8. The van der Waals surface area contributed by atoms with Gasteiger partial charge in [0, 0.05) is 19.1 Å². The van der Waals surface area contributed by atoms with Crippen molar-refractivity contribution in [2.24, 2.45) is 0 Å². The second-order valence-electron chi connectivity index (χ2n) is 6.85. The third-order valence-corrected chi connectivity index (χ3v) is 4.77. The van der Waals surface area contributed by atoms with Crippen LogP contribution in [0.15, 0.2) is 49.1 Å². The number of carbonyl (C=O) groups is 1. The van der Waals surface area contributed by atoms with Gasteiger partial charge >= 0.3 is 6.18 Å². The van der Waals surface area contributed by atoms with E-state index in [4.69, 9.17) is 0 Å². The molecular weight excluding hydrogens is 399 g/mol. The Morgan fingerprint density at radius 2 is 1.87 bits per heavy atom. The number of hydrogen-bond donors (Lipinski definition) is 1. The van der Waals surface area contributed by atoms with E-state index in [-0.39, 0.29) is 17.8 Å². The van der Waals surface area contributed by atoms with Gasteiger partial charge in [-0.2, -0.15) is 28.2 Å². The summed E-state index contributed by atoms with van der Waals surface area (Å²) in [5.41, 5.74) is 0.0113. The standard InChI is InChI=1S/C19H18F3N7O/c20-19(21,22)16-10-24-17(11-23-16)27-13-4-3-9-28(12-13)18(30)14-5-1-2-6-15(14)29-25-7-8-26-29/h1-2,5-8,10-11,13H,3-4,9,12H2,(H,24,27). The first-order chi connectivity index (χ1) is 14.4. The molecule has 1 amide bonds. The minimum Gasteiger partial charge on any atom is -0.364 e. The summed E-state index contributed by atoms with van der Waals surface area (Å²) in [5.74, 6) is 0.0799. The fourth-order valence-corrected chi connectivity index (χ4v) is 3.38. The second kappa shape index (κ2) is 8.09. The van der Waals surface area contributed by atoms with Crippen LogP contribution in [-0.4, -0.2) is 54.9 Å². The molecule has 1 fully saturated rings. The van der Waals surface area contributed by atoms with E-state index >= 15 is 0 Å². The number of hydrogen-bond acceptors (Lipinski definition) is 6. The number of halogens is 3. The highest BCUT2D eigenvalue weighted by atomic mass is 19.4. The van der Waals surface area contributed by atoms with Gasteiger partial charge in [0.05, 0.1) is 36.0 Å². The van der Waals surface area contributed by atoms with Crippen LogP contribution in [0.3, 0.4) is 0 Å². The number of carbonyl (C=O) groups excluding carboxylic acids is 1. The Morgan fingerprint density at radius 1 is 1.10 bits per heavy atom.